The van der Waals surface area contributed by atoms with E-state index in [0.29, 0.717) is 0 Å². The number of alkyl halides is 1. The van der Waals surface area contributed by atoms with Gasteiger partial charge >= 0.3 is 0 Å². The highest BCUT2D eigenvalue weighted by atomic mass is 19.1. The Hall–Kier alpha value is -0.0851. The zero-order valence-corrected chi connectivity index (χ0v) is 4.96. The standard InChI is InChI=1S/C5H8BFO2/c6-5-4(7)1-3(2-8)9-5/h3-5,8H,1-2H2/t3?,4-,5?/m0/s1. The van der Waals surface area contributed by atoms with E-state index < -0.39 is 18.3 Å². The van der Waals surface area contributed by atoms with Crippen LogP contribution < -0.4 is 0 Å². The summed E-state index contributed by atoms with van der Waals surface area (Å²) < 4.78 is 17.2. The van der Waals surface area contributed by atoms with Gasteiger partial charge in [-0.2, -0.15) is 0 Å². The normalized spacial score (nSPS) is 43.6. The Balaban J connectivity index is 2.35. The van der Waals surface area contributed by atoms with Gasteiger partial charge in [-0.15, -0.1) is 0 Å². The molecule has 0 bridgehead atoms. The van der Waals surface area contributed by atoms with Gasteiger partial charge in [0.05, 0.1) is 12.7 Å². The lowest BCUT2D eigenvalue weighted by molar-refractivity contribution is 0.0380. The lowest BCUT2D eigenvalue weighted by atomic mass is 9.96. The van der Waals surface area contributed by atoms with Crippen LogP contribution in [0.4, 0.5) is 4.39 Å². The molecule has 1 heterocycles. The summed E-state index contributed by atoms with van der Waals surface area (Å²) >= 11 is 0. The molecule has 1 saturated heterocycles. The van der Waals surface area contributed by atoms with Gasteiger partial charge in [0.15, 0.2) is 0 Å². The van der Waals surface area contributed by atoms with Gasteiger partial charge in [-0.1, -0.05) is 0 Å². The molecule has 0 spiro atoms. The second-order valence-corrected chi connectivity index (χ2v) is 2.16. The molecule has 0 aromatic rings. The summed E-state index contributed by atoms with van der Waals surface area (Å²) in [6, 6.07) is -0.831. The molecule has 1 rings (SSSR count). The summed E-state index contributed by atoms with van der Waals surface area (Å²) in [5, 5.41) is 8.45. The van der Waals surface area contributed by atoms with E-state index in [2.05, 4.69) is 0 Å². The lowest BCUT2D eigenvalue weighted by Crippen LogP contribution is -2.17. The minimum atomic E-state index is -1.11. The number of aliphatic hydroxyl groups excluding tert-OH is 1. The van der Waals surface area contributed by atoms with E-state index in [0.717, 1.165) is 0 Å². The summed E-state index contributed by atoms with van der Waals surface area (Å²) in [5.41, 5.74) is 0. The average Bonchev–Trinajstić information content (AvgIpc) is 2.13. The molecular weight excluding hydrogens is 122 g/mol. The van der Waals surface area contributed by atoms with Gasteiger partial charge in [0, 0.05) is 12.4 Å². The summed E-state index contributed by atoms with van der Waals surface area (Å²) in [7, 11) is 5.14. The number of aliphatic hydroxyl groups is 1. The summed E-state index contributed by atoms with van der Waals surface area (Å²) in [4.78, 5) is 0. The summed E-state index contributed by atoms with van der Waals surface area (Å²) in [6.07, 6.45) is -1.28. The van der Waals surface area contributed by atoms with Crippen LogP contribution in [0.2, 0.25) is 0 Å². The van der Waals surface area contributed by atoms with Crippen molar-refractivity contribution >= 4 is 7.85 Å². The smallest absolute Gasteiger partial charge is 0.120 e. The summed E-state index contributed by atoms with van der Waals surface area (Å²) in [6.45, 7) is -0.145. The van der Waals surface area contributed by atoms with Crippen LogP contribution in [0.1, 0.15) is 6.42 Å². The van der Waals surface area contributed by atoms with Gasteiger partial charge in [-0.25, -0.2) is 4.39 Å². The van der Waals surface area contributed by atoms with E-state index >= 15 is 0 Å². The zero-order chi connectivity index (χ0) is 6.85. The Morgan fingerprint density at radius 3 is 2.67 bits per heavy atom. The lowest BCUT2D eigenvalue weighted by Gasteiger charge is -2.05. The minimum Gasteiger partial charge on any atom is -0.394 e. The van der Waals surface area contributed by atoms with Crippen molar-refractivity contribution in [2.75, 3.05) is 6.61 Å². The molecule has 0 saturated carbocycles. The van der Waals surface area contributed by atoms with Crippen molar-refractivity contribution < 1.29 is 14.2 Å². The third-order valence-electron chi connectivity index (χ3n) is 1.40. The van der Waals surface area contributed by atoms with Crippen LogP contribution in [-0.4, -0.2) is 37.8 Å². The maximum Gasteiger partial charge on any atom is 0.120 e. The molecule has 1 aliphatic heterocycles. The Bertz CT molecular complexity index is 91.0. The second kappa shape index (κ2) is 2.67. The minimum absolute atomic E-state index is 0.145. The van der Waals surface area contributed by atoms with Crippen LogP contribution in [0, 0.1) is 0 Å². The van der Waals surface area contributed by atoms with Crippen molar-refractivity contribution in [3.8, 4) is 0 Å². The predicted octanol–water partition coefficient (Wildman–Crippen LogP) is -0.400. The van der Waals surface area contributed by atoms with Crippen molar-refractivity contribution in [2.24, 2.45) is 0 Å². The fourth-order valence-electron chi connectivity index (χ4n) is 0.866. The Morgan fingerprint density at radius 2 is 2.44 bits per heavy atom. The molecule has 2 nitrogen and oxygen atoms in total. The van der Waals surface area contributed by atoms with Gasteiger partial charge in [0.1, 0.15) is 14.0 Å². The van der Waals surface area contributed by atoms with Crippen LogP contribution >= 0.6 is 0 Å². The SMILES string of the molecule is [B]C1OC(CO)C[C@@H]1F. The molecule has 0 amide bonds. The Labute approximate surface area is 54.4 Å². The second-order valence-electron chi connectivity index (χ2n) is 2.16. The molecule has 3 atom stereocenters. The quantitative estimate of drug-likeness (QED) is 0.489. The molecule has 1 fully saturated rings. The van der Waals surface area contributed by atoms with Crippen molar-refractivity contribution in [2.45, 2.75) is 24.7 Å². The molecule has 0 aliphatic carbocycles. The Morgan fingerprint density at radius 1 is 1.78 bits per heavy atom. The van der Waals surface area contributed by atoms with Crippen LogP contribution in [0.15, 0.2) is 0 Å². The molecule has 0 aromatic heterocycles. The first-order valence-corrected chi connectivity index (χ1v) is 2.90. The van der Waals surface area contributed by atoms with Gasteiger partial charge < -0.3 is 9.84 Å². The van der Waals surface area contributed by atoms with Crippen molar-refractivity contribution in [3.63, 3.8) is 0 Å². The van der Waals surface area contributed by atoms with Gasteiger partial charge in [-0.05, 0) is 0 Å². The Kier molecular flexibility index (Phi) is 2.08. The van der Waals surface area contributed by atoms with Crippen LogP contribution in [0.5, 0.6) is 0 Å². The molecule has 2 radical (unpaired) electrons. The van der Waals surface area contributed by atoms with Gasteiger partial charge in [0.25, 0.3) is 0 Å². The van der Waals surface area contributed by atoms with E-state index in [-0.39, 0.29) is 13.0 Å². The number of hydrogen-bond donors (Lipinski definition) is 1. The summed E-state index contributed by atoms with van der Waals surface area (Å²) in [5.74, 6) is 0. The monoisotopic (exact) mass is 130 g/mol. The van der Waals surface area contributed by atoms with E-state index in [4.69, 9.17) is 17.7 Å². The predicted molar refractivity (Wildman–Crippen MR) is 31.0 cm³/mol. The third-order valence-corrected chi connectivity index (χ3v) is 1.40. The first kappa shape index (κ1) is 7.03. The van der Waals surface area contributed by atoms with Crippen molar-refractivity contribution in [1.82, 2.24) is 0 Å². The average molecular weight is 130 g/mol. The van der Waals surface area contributed by atoms with Gasteiger partial charge in [0.2, 0.25) is 0 Å². The number of halogens is 1. The molecule has 4 heteroatoms. The van der Waals surface area contributed by atoms with Crippen molar-refractivity contribution in [1.29, 1.82) is 0 Å². The van der Waals surface area contributed by atoms with Crippen LogP contribution in [0.3, 0.4) is 0 Å². The number of ether oxygens (including phenoxy) is 1. The van der Waals surface area contributed by atoms with Crippen LogP contribution in [-0.2, 0) is 4.74 Å². The first-order valence-electron chi connectivity index (χ1n) is 2.90. The molecule has 50 valence electrons. The highest BCUT2D eigenvalue weighted by Crippen LogP contribution is 2.20. The van der Waals surface area contributed by atoms with E-state index in [1.165, 1.54) is 0 Å². The van der Waals surface area contributed by atoms with Crippen molar-refractivity contribution in [3.05, 3.63) is 0 Å². The molecule has 9 heavy (non-hydrogen) atoms. The highest BCUT2D eigenvalue weighted by molar-refractivity contribution is 6.11. The van der Waals surface area contributed by atoms with E-state index in [1.807, 2.05) is 0 Å². The first-order chi connectivity index (χ1) is 4.24. The maximum absolute atomic E-state index is 12.4. The van der Waals surface area contributed by atoms with E-state index in [1.54, 1.807) is 0 Å². The molecule has 1 N–H and O–H groups in total. The van der Waals surface area contributed by atoms with Gasteiger partial charge in [-0.3, -0.25) is 0 Å². The maximum atomic E-state index is 12.4. The van der Waals surface area contributed by atoms with E-state index in [9.17, 15) is 4.39 Å². The molecule has 0 aromatic carbocycles. The van der Waals surface area contributed by atoms with Crippen LogP contribution in [0.25, 0.3) is 0 Å². The molecular formula is C5H8BFO2. The number of hydrogen-bond acceptors (Lipinski definition) is 2. The zero-order valence-electron chi connectivity index (χ0n) is 4.96. The topological polar surface area (TPSA) is 29.5 Å². The number of rotatable bonds is 1. The fraction of sp³-hybridized carbons (Fsp3) is 1.00. The molecule has 1 aliphatic rings. The highest BCUT2D eigenvalue weighted by Gasteiger charge is 2.30. The largest absolute Gasteiger partial charge is 0.394 e. The fourth-order valence-corrected chi connectivity index (χ4v) is 0.866. The third kappa shape index (κ3) is 1.43. The molecule has 2 unspecified atom stereocenters.